The summed E-state index contributed by atoms with van der Waals surface area (Å²) in [6, 6.07) is 5.15. The molecule has 0 unspecified atom stereocenters. The Bertz CT molecular complexity index is 439. The fourth-order valence-electron chi connectivity index (χ4n) is 1.29. The molecule has 2 rings (SSSR count). The number of rotatable bonds is 3. The summed E-state index contributed by atoms with van der Waals surface area (Å²) < 4.78 is 5.26. The van der Waals surface area contributed by atoms with Crippen molar-refractivity contribution in [1.82, 2.24) is 10.2 Å². The van der Waals surface area contributed by atoms with Gasteiger partial charge in [0.25, 0.3) is 0 Å². The van der Waals surface area contributed by atoms with Crippen LogP contribution in [0.5, 0.6) is 11.6 Å². The van der Waals surface area contributed by atoms with Crippen molar-refractivity contribution in [1.29, 1.82) is 0 Å². The number of nitrogens with zero attached hydrogens (tertiary/aromatic N) is 1. The molecule has 0 amide bonds. The largest absolute Gasteiger partial charge is 0.507 e. The smallest absolute Gasteiger partial charge is 0.244 e. The number of H-pyrrole nitrogens is 1. The fourth-order valence-corrected chi connectivity index (χ4v) is 1.29. The Balaban J connectivity index is 2.45. The van der Waals surface area contributed by atoms with Crippen LogP contribution < -0.4 is 10.5 Å². The van der Waals surface area contributed by atoms with Crippen molar-refractivity contribution >= 4 is 10.9 Å². The molecule has 14 heavy (non-hydrogen) atoms. The van der Waals surface area contributed by atoms with Crippen LogP contribution in [0.1, 0.15) is 0 Å². The summed E-state index contributed by atoms with van der Waals surface area (Å²) in [5, 5.41) is 16.9. The van der Waals surface area contributed by atoms with E-state index in [1.54, 1.807) is 12.1 Å². The number of aromatic amines is 1. The van der Waals surface area contributed by atoms with E-state index in [9.17, 15) is 5.11 Å². The molecule has 0 aliphatic heterocycles. The number of phenolic OH excluding ortho intramolecular Hbond substituents is 1. The van der Waals surface area contributed by atoms with Gasteiger partial charge in [0.1, 0.15) is 17.7 Å². The van der Waals surface area contributed by atoms with Crippen molar-refractivity contribution in [3.8, 4) is 11.6 Å². The summed E-state index contributed by atoms with van der Waals surface area (Å²) in [6.45, 7) is 0.802. The normalized spacial score (nSPS) is 10.6. The van der Waals surface area contributed by atoms with Gasteiger partial charge >= 0.3 is 0 Å². The molecule has 0 aliphatic carbocycles. The number of nitrogens with one attached hydrogen (secondary N) is 1. The minimum absolute atomic E-state index is 0.156. The first-order valence-electron chi connectivity index (χ1n) is 4.32. The van der Waals surface area contributed by atoms with Crippen molar-refractivity contribution in [2.75, 3.05) is 13.2 Å². The van der Waals surface area contributed by atoms with Gasteiger partial charge < -0.3 is 15.6 Å². The van der Waals surface area contributed by atoms with Crippen LogP contribution in [-0.4, -0.2) is 28.5 Å². The molecule has 0 saturated heterocycles. The lowest BCUT2D eigenvalue weighted by Gasteiger charge is -2.00. The molecule has 0 bridgehead atoms. The first-order valence-corrected chi connectivity index (χ1v) is 4.32. The minimum Gasteiger partial charge on any atom is -0.507 e. The van der Waals surface area contributed by atoms with Gasteiger partial charge in [-0.2, -0.15) is 0 Å². The summed E-state index contributed by atoms with van der Waals surface area (Å²) in [5.74, 6) is 0.548. The highest BCUT2D eigenvalue weighted by Crippen LogP contribution is 2.30. The molecule has 5 heteroatoms. The number of hydrogen-bond acceptors (Lipinski definition) is 4. The van der Waals surface area contributed by atoms with Gasteiger partial charge in [-0.15, -0.1) is 5.10 Å². The van der Waals surface area contributed by atoms with E-state index < -0.39 is 0 Å². The number of nitrogens with two attached hydrogens (primary N) is 1. The van der Waals surface area contributed by atoms with Gasteiger partial charge in [0.05, 0.1) is 5.52 Å². The van der Waals surface area contributed by atoms with E-state index in [-0.39, 0.29) is 5.75 Å². The number of benzene rings is 1. The lowest BCUT2D eigenvalue weighted by molar-refractivity contribution is 0.317. The van der Waals surface area contributed by atoms with Crippen molar-refractivity contribution in [2.24, 2.45) is 5.73 Å². The predicted molar refractivity (Wildman–Crippen MR) is 52.3 cm³/mol. The Kier molecular flexibility index (Phi) is 2.24. The molecule has 0 spiro atoms. The standard InChI is InChI=1S/C9H11N3O2/c10-4-5-14-9-8-6(11-12-9)2-1-3-7(8)13/h1-3,13H,4-5,10H2,(H,11,12). The molecule has 0 saturated carbocycles. The molecule has 1 aromatic heterocycles. The Morgan fingerprint density at radius 1 is 1.50 bits per heavy atom. The van der Waals surface area contributed by atoms with E-state index in [0.29, 0.717) is 24.4 Å². The zero-order valence-electron chi connectivity index (χ0n) is 7.53. The summed E-state index contributed by atoms with van der Waals surface area (Å²) in [7, 11) is 0. The maximum atomic E-state index is 9.57. The van der Waals surface area contributed by atoms with E-state index in [1.165, 1.54) is 0 Å². The van der Waals surface area contributed by atoms with Gasteiger partial charge in [0, 0.05) is 6.54 Å². The van der Waals surface area contributed by atoms with Crippen LogP contribution in [0.3, 0.4) is 0 Å². The highest BCUT2D eigenvalue weighted by molar-refractivity contribution is 5.89. The topological polar surface area (TPSA) is 84.2 Å². The van der Waals surface area contributed by atoms with E-state index in [2.05, 4.69) is 10.2 Å². The Labute approximate surface area is 80.5 Å². The second kappa shape index (κ2) is 3.55. The van der Waals surface area contributed by atoms with Gasteiger partial charge in [0.15, 0.2) is 0 Å². The molecule has 4 N–H and O–H groups in total. The Morgan fingerprint density at radius 3 is 3.14 bits per heavy atom. The number of aromatic nitrogens is 2. The average molecular weight is 193 g/mol. The first kappa shape index (κ1) is 8.83. The molecule has 1 heterocycles. The maximum absolute atomic E-state index is 9.57. The highest BCUT2D eigenvalue weighted by atomic mass is 16.5. The quantitative estimate of drug-likeness (QED) is 0.666. The van der Waals surface area contributed by atoms with Crippen molar-refractivity contribution in [3.05, 3.63) is 18.2 Å². The Morgan fingerprint density at radius 2 is 2.36 bits per heavy atom. The van der Waals surface area contributed by atoms with Crippen LogP contribution in [0.2, 0.25) is 0 Å². The van der Waals surface area contributed by atoms with Crippen molar-refractivity contribution in [2.45, 2.75) is 0 Å². The second-order valence-corrected chi connectivity index (χ2v) is 2.87. The number of hydrogen-bond donors (Lipinski definition) is 3. The van der Waals surface area contributed by atoms with Crippen molar-refractivity contribution < 1.29 is 9.84 Å². The van der Waals surface area contributed by atoms with E-state index in [1.807, 2.05) is 6.07 Å². The first-order chi connectivity index (χ1) is 6.83. The van der Waals surface area contributed by atoms with E-state index in [0.717, 1.165) is 5.52 Å². The highest BCUT2D eigenvalue weighted by Gasteiger charge is 2.09. The van der Waals surface area contributed by atoms with Gasteiger partial charge in [-0.25, -0.2) is 0 Å². The zero-order valence-corrected chi connectivity index (χ0v) is 7.53. The number of fused-ring (bicyclic) bond motifs is 1. The minimum atomic E-state index is 0.156. The molecule has 74 valence electrons. The lowest BCUT2D eigenvalue weighted by atomic mass is 10.2. The van der Waals surface area contributed by atoms with Crippen LogP contribution in [0.4, 0.5) is 0 Å². The lowest BCUT2D eigenvalue weighted by Crippen LogP contribution is -2.10. The molecule has 0 fully saturated rings. The van der Waals surface area contributed by atoms with Gasteiger partial charge in [-0.1, -0.05) is 6.07 Å². The Hall–Kier alpha value is -1.75. The van der Waals surface area contributed by atoms with E-state index >= 15 is 0 Å². The molecule has 0 atom stereocenters. The summed E-state index contributed by atoms with van der Waals surface area (Å²) in [4.78, 5) is 0. The SMILES string of the molecule is NCCOc1n[nH]c2cccc(O)c12. The predicted octanol–water partition coefficient (Wildman–Crippen LogP) is 0.606. The maximum Gasteiger partial charge on any atom is 0.244 e. The van der Waals surface area contributed by atoms with Crippen LogP contribution in [0, 0.1) is 0 Å². The van der Waals surface area contributed by atoms with Crippen LogP contribution >= 0.6 is 0 Å². The number of phenols is 1. The van der Waals surface area contributed by atoms with Gasteiger partial charge in [-0.3, -0.25) is 5.10 Å². The molecule has 0 aliphatic rings. The number of aromatic hydroxyl groups is 1. The summed E-state index contributed by atoms with van der Waals surface area (Å²) >= 11 is 0. The summed E-state index contributed by atoms with van der Waals surface area (Å²) in [5.41, 5.74) is 6.05. The third-order valence-electron chi connectivity index (χ3n) is 1.89. The van der Waals surface area contributed by atoms with E-state index in [4.69, 9.17) is 10.5 Å². The van der Waals surface area contributed by atoms with Crippen molar-refractivity contribution in [3.63, 3.8) is 0 Å². The molecular formula is C9H11N3O2. The second-order valence-electron chi connectivity index (χ2n) is 2.87. The zero-order chi connectivity index (χ0) is 9.97. The van der Waals surface area contributed by atoms with Crippen LogP contribution in [0.25, 0.3) is 10.9 Å². The average Bonchev–Trinajstić information content (AvgIpc) is 2.59. The monoisotopic (exact) mass is 193 g/mol. The summed E-state index contributed by atoms with van der Waals surface area (Å²) in [6.07, 6.45) is 0. The molecular weight excluding hydrogens is 182 g/mol. The molecule has 2 aromatic rings. The molecule has 5 nitrogen and oxygen atoms in total. The van der Waals surface area contributed by atoms with Gasteiger partial charge in [0.2, 0.25) is 5.88 Å². The molecule has 0 radical (unpaired) electrons. The van der Waals surface area contributed by atoms with Gasteiger partial charge in [-0.05, 0) is 12.1 Å². The van der Waals surface area contributed by atoms with Crippen LogP contribution in [0.15, 0.2) is 18.2 Å². The third kappa shape index (κ3) is 1.38. The molecule has 1 aromatic carbocycles. The van der Waals surface area contributed by atoms with Crippen LogP contribution in [-0.2, 0) is 0 Å². The third-order valence-corrected chi connectivity index (χ3v) is 1.89. The number of ether oxygens (including phenoxy) is 1. The fraction of sp³-hybridized carbons (Fsp3) is 0.222.